The topological polar surface area (TPSA) is 90.4 Å². The first kappa shape index (κ1) is 9.71. The van der Waals surface area contributed by atoms with Crippen LogP contribution >= 0.6 is 0 Å². The Morgan fingerprint density at radius 2 is 2.29 bits per heavy atom. The molecule has 0 radical (unpaired) electrons. The van der Waals surface area contributed by atoms with Crippen molar-refractivity contribution in [1.29, 1.82) is 0 Å². The predicted octanol–water partition coefficient (Wildman–Crippen LogP) is 1.25. The van der Waals surface area contributed by atoms with E-state index in [-0.39, 0.29) is 18.4 Å². The van der Waals surface area contributed by atoms with Crippen molar-refractivity contribution in [1.82, 2.24) is 5.16 Å². The highest BCUT2D eigenvalue weighted by Gasteiger charge is 2.17. The van der Waals surface area contributed by atoms with Crippen molar-refractivity contribution < 1.29 is 14.1 Å². The molecule has 1 aliphatic heterocycles. The van der Waals surface area contributed by atoms with Gasteiger partial charge in [-0.05, 0) is 17.7 Å². The zero-order valence-electron chi connectivity index (χ0n) is 8.77. The maximum atomic E-state index is 11.1. The molecule has 86 valence electrons. The fourth-order valence-corrected chi connectivity index (χ4v) is 1.71. The van der Waals surface area contributed by atoms with Crippen LogP contribution in [0.4, 0.5) is 11.6 Å². The van der Waals surface area contributed by atoms with Crippen LogP contribution in [0.5, 0.6) is 5.75 Å². The molecule has 3 N–H and O–H groups in total. The number of ether oxygens (including phenoxy) is 1. The van der Waals surface area contributed by atoms with Gasteiger partial charge in [0.05, 0.1) is 17.4 Å². The van der Waals surface area contributed by atoms with Gasteiger partial charge in [0.2, 0.25) is 5.88 Å². The summed E-state index contributed by atoms with van der Waals surface area (Å²) in [5.74, 6) is 0.710. The minimum Gasteiger partial charge on any atom is -0.482 e. The number of aromatic nitrogens is 1. The normalized spacial score (nSPS) is 13.8. The number of anilines is 2. The Balaban J connectivity index is 2.05. The minimum absolute atomic E-state index is 0.0234. The van der Waals surface area contributed by atoms with Crippen LogP contribution in [-0.2, 0) is 4.79 Å². The first-order valence-corrected chi connectivity index (χ1v) is 5.01. The van der Waals surface area contributed by atoms with Crippen molar-refractivity contribution in [3.63, 3.8) is 0 Å². The Morgan fingerprint density at radius 3 is 3.06 bits per heavy atom. The summed E-state index contributed by atoms with van der Waals surface area (Å²) in [5, 5.41) is 6.32. The van der Waals surface area contributed by atoms with Crippen molar-refractivity contribution in [3.05, 3.63) is 24.4 Å². The zero-order chi connectivity index (χ0) is 11.8. The maximum Gasteiger partial charge on any atom is 0.262 e. The lowest BCUT2D eigenvalue weighted by Crippen LogP contribution is -2.25. The quantitative estimate of drug-likeness (QED) is 0.770. The number of nitrogen functional groups attached to an aromatic ring is 1. The first-order valence-electron chi connectivity index (χ1n) is 5.01. The van der Waals surface area contributed by atoms with Crippen molar-refractivity contribution in [2.45, 2.75) is 0 Å². The third-order valence-corrected chi connectivity index (χ3v) is 2.52. The van der Waals surface area contributed by atoms with E-state index >= 15 is 0 Å². The van der Waals surface area contributed by atoms with Crippen LogP contribution in [0.15, 0.2) is 28.9 Å². The van der Waals surface area contributed by atoms with Crippen LogP contribution in [0, 0.1) is 0 Å². The number of hydrogen-bond donors (Lipinski definition) is 2. The summed E-state index contributed by atoms with van der Waals surface area (Å²) in [5.41, 5.74) is 7.82. The van der Waals surface area contributed by atoms with Gasteiger partial charge in [-0.2, -0.15) is 0 Å². The molecular formula is C11H9N3O3. The molecule has 0 aliphatic carbocycles. The number of carbonyl (C=O) groups is 1. The molecule has 6 nitrogen and oxygen atoms in total. The lowest BCUT2D eigenvalue weighted by atomic mass is 10.1. The average molecular weight is 231 g/mol. The number of nitrogens with one attached hydrogen (secondary N) is 1. The molecule has 2 heterocycles. The van der Waals surface area contributed by atoms with Crippen LogP contribution in [0.1, 0.15) is 0 Å². The molecule has 1 aliphatic rings. The fraction of sp³-hybridized carbons (Fsp3) is 0.0909. The van der Waals surface area contributed by atoms with Crippen LogP contribution in [0.3, 0.4) is 0 Å². The zero-order valence-corrected chi connectivity index (χ0v) is 8.77. The average Bonchev–Trinajstić information content (AvgIpc) is 2.75. The van der Waals surface area contributed by atoms with E-state index in [4.69, 9.17) is 15.0 Å². The van der Waals surface area contributed by atoms with Gasteiger partial charge in [-0.15, -0.1) is 0 Å². The van der Waals surface area contributed by atoms with Crippen LogP contribution in [-0.4, -0.2) is 17.7 Å². The summed E-state index contributed by atoms with van der Waals surface area (Å²) in [6, 6.07) is 5.36. The minimum atomic E-state index is -0.158. The van der Waals surface area contributed by atoms with Gasteiger partial charge in [0.25, 0.3) is 5.91 Å². The number of nitrogens with two attached hydrogens (primary N) is 1. The lowest BCUT2D eigenvalue weighted by molar-refractivity contribution is -0.118. The van der Waals surface area contributed by atoms with Crippen LogP contribution in [0.2, 0.25) is 0 Å². The van der Waals surface area contributed by atoms with Gasteiger partial charge in [-0.25, -0.2) is 0 Å². The second-order valence-corrected chi connectivity index (χ2v) is 3.65. The maximum absolute atomic E-state index is 11.1. The van der Waals surface area contributed by atoms with Gasteiger partial charge in [0, 0.05) is 0 Å². The number of rotatable bonds is 1. The summed E-state index contributed by atoms with van der Waals surface area (Å²) >= 11 is 0. The molecule has 6 heteroatoms. The number of nitrogens with zero attached hydrogens (tertiary/aromatic N) is 1. The van der Waals surface area contributed by atoms with E-state index in [9.17, 15) is 4.79 Å². The summed E-state index contributed by atoms with van der Waals surface area (Å²) in [6.45, 7) is 0.0234. The van der Waals surface area contributed by atoms with Crippen LogP contribution < -0.4 is 15.8 Å². The second-order valence-electron chi connectivity index (χ2n) is 3.65. The monoisotopic (exact) mass is 231 g/mol. The largest absolute Gasteiger partial charge is 0.482 e. The molecule has 0 bridgehead atoms. The third-order valence-electron chi connectivity index (χ3n) is 2.52. The van der Waals surface area contributed by atoms with E-state index in [1.54, 1.807) is 18.3 Å². The molecule has 17 heavy (non-hydrogen) atoms. The van der Waals surface area contributed by atoms with E-state index in [0.29, 0.717) is 17.0 Å². The summed E-state index contributed by atoms with van der Waals surface area (Å²) in [7, 11) is 0. The molecule has 2 aromatic rings. The molecule has 0 saturated heterocycles. The highest BCUT2D eigenvalue weighted by Crippen LogP contribution is 2.34. The molecule has 0 spiro atoms. The number of benzene rings is 1. The Labute approximate surface area is 96.3 Å². The molecule has 1 aromatic carbocycles. The van der Waals surface area contributed by atoms with Gasteiger partial charge < -0.3 is 20.3 Å². The van der Waals surface area contributed by atoms with E-state index in [2.05, 4.69) is 10.5 Å². The van der Waals surface area contributed by atoms with Crippen LogP contribution in [0.25, 0.3) is 11.1 Å². The third kappa shape index (κ3) is 1.59. The van der Waals surface area contributed by atoms with Gasteiger partial charge in [0.15, 0.2) is 6.61 Å². The van der Waals surface area contributed by atoms with E-state index in [1.165, 1.54) is 0 Å². The van der Waals surface area contributed by atoms with Gasteiger partial charge in [0.1, 0.15) is 5.75 Å². The number of amides is 1. The van der Waals surface area contributed by atoms with Gasteiger partial charge in [-0.3, -0.25) is 4.79 Å². The van der Waals surface area contributed by atoms with Crippen molar-refractivity contribution in [3.8, 4) is 16.9 Å². The molecular weight excluding hydrogens is 222 g/mol. The highest BCUT2D eigenvalue weighted by atomic mass is 16.5. The highest BCUT2D eigenvalue weighted by molar-refractivity contribution is 5.96. The predicted molar refractivity (Wildman–Crippen MR) is 60.5 cm³/mol. The molecule has 0 atom stereocenters. The van der Waals surface area contributed by atoms with E-state index < -0.39 is 0 Å². The number of fused-ring (bicyclic) bond motifs is 1. The lowest BCUT2D eigenvalue weighted by Gasteiger charge is -2.18. The number of hydrogen-bond acceptors (Lipinski definition) is 5. The standard InChI is InChI=1S/C11H9N3O3/c12-11-7(4-13-17-11)6-1-2-8-9(3-6)16-5-10(15)14-8/h1-4H,5,12H2,(H,14,15). The molecule has 1 aromatic heterocycles. The van der Waals surface area contributed by atoms with Crippen molar-refractivity contribution in [2.24, 2.45) is 0 Å². The number of carbonyl (C=O) groups excluding carboxylic acids is 1. The van der Waals surface area contributed by atoms with Gasteiger partial charge >= 0.3 is 0 Å². The van der Waals surface area contributed by atoms with Crippen molar-refractivity contribution >= 4 is 17.5 Å². The Hall–Kier alpha value is -2.50. The van der Waals surface area contributed by atoms with Crippen molar-refractivity contribution in [2.75, 3.05) is 17.7 Å². The smallest absolute Gasteiger partial charge is 0.262 e. The summed E-state index contributed by atoms with van der Waals surface area (Å²) in [4.78, 5) is 11.1. The van der Waals surface area contributed by atoms with E-state index in [0.717, 1.165) is 5.56 Å². The Morgan fingerprint density at radius 1 is 1.41 bits per heavy atom. The van der Waals surface area contributed by atoms with Gasteiger partial charge in [-0.1, -0.05) is 11.2 Å². The fourth-order valence-electron chi connectivity index (χ4n) is 1.71. The Bertz CT molecular complexity index is 591. The molecule has 0 saturated carbocycles. The summed E-state index contributed by atoms with van der Waals surface area (Å²) < 4.78 is 10.1. The summed E-state index contributed by atoms with van der Waals surface area (Å²) in [6.07, 6.45) is 1.54. The molecule has 3 rings (SSSR count). The first-order chi connectivity index (χ1) is 8.24. The second kappa shape index (κ2) is 3.51. The van der Waals surface area contributed by atoms with E-state index in [1.807, 2.05) is 6.07 Å². The Kier molecular flexibility index (Phi) is 2.01. The SMILES string of the molecule is Nc1oncc1-c1ccc2c(c1)OCC(=O)N2. The molecule has 0 unspecified atom stereocenters. The molecule has 0 fully saturated rings. The molecule has 1 amide bonds.